The molecule has 3 nitrogen and oxygen atoms in total. The van der Waals surface area contributed by atoms with E-state index in [4.69, 9.17) is 9.47 Å². The number of hydrogen-bond donors (Lipinski definition) is 0. The maximum atomic E-state index is 12.4. The van der Waals surface area contributed by atoms with E-state index >= 15 is 0 Å². The van der Waals surface area contributed by atoms with Gasteiger partial charge in [0.2, 0.25) is 5.78 Å². The number of ether oxygens (including phenoxy) is 2. The summed E-state index contributed by atoms with van der Waals surface area (Å²) in [6, 6.07) is 13.3. The molecule has 2 aromatic rings. The standard InChI is InChI=1S/C18H16O3S/c1-3-21-15-10-12(8-9-14(15)20-2)11-17-18(19)13-6-4-5-7-16(13)22-17/h4-11H,3H2,1-2H3. The number of thioether (sulfide) groups is 1. The van der Waals surface area contributed by atoms with Gasteiger partial charge in [-0.1, -0.05) is 30.0 Å². The van der Waals surface area contributed by atoms with Crippen molar-refractivity contribution in [3.8, 4) is 11.5 Å². The Morgan fingerprint density at radius 2 is 1.95 bits per heavy atom. The molecule has 0 radical (unpaired) electrons. The molecule has 0 aromatic heterocycles. The monoisotopic (exact) mass is 312 g/mol. The van der Waals surface area contributed by atoms with Gasteiger partial charge in [-0.25, -0.2) is 0 Å². The van der Waals surface area contributed by atoms with Gasteiger partial charge in [-0.3, -0.25) is 4.79 Å². The highest BCUT2D eigenvalue weighted by molar-refractivity contribution is 8.04. The zero-order valence-corrected chi connectivity index (χ0v) is 13.3. The molecule has 0 fully saturated rings. The van der Waals surface area contributed by atoms with Crippen LogP contribution in [0.4, 0.5) is 0 Å². The summed E-state index contributed by atoms with van der Waals surface area (Å²) in [6.45, 7) is 2.49. The van der Waals surface area contributed by atoms with Gasteiger partial charge in [-0.2, -0.15) is 0 Å². The van der Waals surface area contributed by atoms with Gasteiger partial charge in [0.25, 0.3) is 0 Å². The fourth-order valence-corrected chi connectivity index (χ4v) is 3.39. The number of ketones is 1. The molecule has 0 saturated heterocycles. The van der Waals surface area contributed by atoms with E-state index in [2.05, 4.69) is 0 Å². The first-order chi connectivity index (χ1) is 10.7. The van der Waals surface area contributed by atoms with Crippen LogP contribution in [0.2, 0.25) is 0 Å². The smallest absolute Gasteiger partial charge is 0.200 e. The maximum absolute atomic E-state index is 12.4. The quantitative estimate of drug-likeness (QED) is 0.783. The average Bonchev–Trinajstić information content (AvgIpc) is 2.85. The van der Waals surface area contributed by atoms with Gasteiger partial charge in [0.05, 0.1) is 18.6 Å². The molecule has 0 saturated carbocycles. The van der Waals surface area contributed by atoms with Crippen LogP contribution in [0.25, 0.3) is 6.08 Å². The fourth-order valence-electron chi connectivity index (χ4n) is 2.34. The molecule has 1 heterocycles. The Kier molecular flexibility index (Phi) is 4.20. The summed E-state index contributed by atoms with van der Waals surface area (Å²) in [4.78, 5) is 14.1. The Balaban J connectivity index is 1.93. The molecule has 3 rings (SSSR count). The van der Waals surface area contributed by atoms with Crippen LogP contribution in [0.15, 0.2) is 52.3 Å². The van der Waals surface area contributed by atoms with Gasteiger partial charge in [0.15, 0.2) is 11.5 Å². The molecule has 0 unspecified atom stereocenters. The fraction of sp³-hybridized carbons (Fsp3) is 0.167. The molecule has 0 bridgehead atoms. The van der Waals surface area contributed by atoms with E-state index < -0.39 is 0 Å². The van der Waals surface area contributed by atoms with Crippen molar-refractivity contribution in [1.82, 2.24) is 0 Å². The molecule has 0 N–H and O–H groups in total. The van der Waals surface area contributed by atoms with Crippen LogP contribution in [-0.2, 0) is 0 Å². The van der Waals surface area contributed by atoms with Crippen molar-refractivity contribution >= 4 is 23.6 Å². The van der Waals surface area contributed by atoms with Crippen molar-refractivity contribution in [3.05, 3.63) is 58.5 Å². The first-order valence-electron chi connectivity index (χ1n) is 7.07. The molecule has 0 spiro atoms. The zero-order valence-electron chi connectivity index (χ0n) is 12.5. The van der Waals surface area contributed by atoms with Crippen LogP contribution >= 0.6 is 11.8 Å². The molecule has 2 aromatic carbocycles. The molecular formula is C18H16O3S. The number of Topliss-reactive ketones (excluding diaryl/α,β-unsaturated/α-hetero) is 1. The number of benzene rings is 2. The summed E-state index contributed by atoms with van der Waals surface area (Å²) in [7, 11) is 1.61. The van der Waals surface area contributed by atoms with E-state index in [0.717, 1.165) is 20.9 Å². The van der Waals surface area contributed by atoms with Gasteiger partial charge in [-0.05, 0) is 42.8 Å². The second kappa shape index (κ2) is 6.28. The third kappa shape index (κ3) is 2.74. The topological polar surface area (TPSA) is 35.5 Å². The minimum atomic E-state index is 0.0781. The summed E-state index contributed by atoms with van der Waals surface area (Å²) >= 11 is 1.51. The highest BCUT2D eigenvalue weighted by Gasteiger charge is 2.25. The van der Waals surface area contributed by atoms with Crippen molar-refractivity contribution < 1.29 is 14.3 Å². The van der Waals surface area contributed by atoms with Gasteiger partial charge >= 0.3 is 0 Å². The van der Waals surface area contributed by atoms with Crippen LogP contribution < -0.4 is 9.47 Å². The lowest BCUT2D eigenvalue weighted by Gasteiger charge is -2.09. The van der Waals surface area contributed by atoms with Gasteiger partial charge in [-0.15, -0.1) is 0 Å². The number of rotatable bonds is 4. The number of carbonyl (C=O) groups is 1. The second-order valence-electron chi connectivity index (χ2n) is 4.78. The predicted octanol–water partition coefficient (Wildman–Crippen LogP) is 4.42. The van der Waals surface area contributed by atoms with Crippen molar-refractivity contribution in [2.45, 2.75) is 11.8 Å². The minimum Gasteiger partial charge on any atom is -0.493 e. The number of hydrogen-bond acceptors (Lipinski definition) is 4. The Morgan fingerprint density at radius 1 is 1.14 bits per heavy atom. The Labute approximate surface area is 133 Å². The molecule has 0 aliphatic carbocycles. The number of carbonyl (C=O) groups excluding carboxylic acids is 1. The summed E-state index contributed by atoms with van der Waals surface area (Å²) in [6.07, 6.45) is 1.90. The predicted molar refractivity (Wildman–Crippen MR) is 88.8 cm³/mol. The van der Waals surface area contributed by atoms with Crippen LogP contribution in [-0.4, -0.2) is 19.5 Å². The van der Waals surface area contributed by atoms with Crippen LogP contribution in [0.3, 0.4) is 0 Å². The molecule has 4 heteroatoms. The highest BCUT2D eigenvalue weighted by Crippen LogP contribution is 2.41. The molecule has 0 amide bonds. The van der Waals surface area contributed by atoms with E-state index in [1.807, 2.05) is 55.5 Å². The normalized spacial score (nSPS) is 15.0. The Bertz CT molecular complexity index is 750. The van der Waals surface area contributed by atoms with E-state index in [0.29, 0.717) is 18.1 Å². The van der Waals surface area contributed by atoms with Gasteiger partial charge in [0, 0.05) is 10.5 Å². The largest absolute Gasteiger partial charge is 0.493 e. The molecule has 1 aliphatic heterocycles. The molecular weight excluding hydrogens is 296 g/mol. The van der Waals surface area contributed by atoms with Crippen molar-refractivity contribution in [2.75, 3.05) is 13.7 Å². The van der Waals surface area contributed by atoms with E-state index in [9.17, 15) is 4.79 Å². The first kappa shape index (κ1) is 14.7. The third-order valence-corrected chi connectivity index (χ3v) is 4.46. The van der Waals surface area contributed by atoms with E-state index in [-0.39, 0.29) is 5.78 Å². The number of fused-ring (bicyclic) bond motifs is 1. The lowest BCUT2D eigenvalue weighted by atomic mass is 10.1. The van der Waals surface area contributed by atoms with Crippen molar-refractivity contribution in [3.63, 3.8) is 0 Å². The lowest BCUT2D eigenvalue weighted by Crippen LogP contribution is -1.96. The van der Waals surface area contributed by atoms with Crippen molar-refractivity contribution in [2.24, 2.45) is 0 Å². The van der Waals surface area contributed by atoms with E-state index in [1.165, 1.54) is 11.8 Å². The third-order valence-electron chi connectivity index (χ3n) is 3.36. The Hall–Kier alpha value is -2.20. The number of allylic oxidation sites excluding steroid dienone is 1. The van der Waals surface area contributed by atoms with E-state index in [1.54, 1.807) is 7.11 Å². The SMILES string of the molecule is CCOc1cc(C=C2Sc3ccccc3C2=O)ccc1OC. The van der Waals surface area contributed by atoms with Crippen LogP contribution in [0.5, 0.6) is 11.5 Å². The molecule has 22 heavy (non-hydrogen) atoms. The summed E-state index contributed by atoms with van der Waals surface area (Å²) in [5, 5.41) is 0. The van der Waals surface area contributed by atoms with Gasteiger partial charge < -0.3 is 9.47 Å². The highest BCUT2D eigenvalue weighted by atomic mass is 32.2. The van der Waals surface area contributed by atoms with Crippen LogP contribution in [0, 0.1) is 0 Å². The summed E-state index contributed by atoms with van der Waals surface area (Å²) in [5.41, 5.74) is 1.70. The number of methoxy groups -OCH3 is 1. The summed E-state index contributed by atoms with van der Waals surface area (Å²) in [5.74, 6) is 1.46. The first-order valence-corrected chi connectivity index (χ1v) is 7.88. The summed E-state index contributed by atoms with van der Waals surface area (Å²) < 4.78 is 10.9. The zero-order chi connectivity index (χ0) is 15.5. The molecule has 112 valence electrons. The average molecular weight is 312 g/mol. The van der Waals surface area contributed by atoms with Gasteiger partial charge in [0.1, 0.15) is 0 Å². The molecule has 0 atom stereocenters. The lowest BCUT2D eigenvalue weighted by molar-refractivity contribution is 0.104. The van der Waals surface area contributed by atoms with Crippen molar-refractivity contribution in [1.29, 1.82) is 0 Å². The van der Waals surface area contributed by atoms with Crippen LogP contribution in [0.1, 0.15) is 22.8 Å². The molecule has 1 aliphatic rings. The maximum Gasteiger partial charge on any atom is 0.200 e. The Morgan fingerprint density at radius 3 is 2.68 bits per heavy atom. The second-order valence-corrected chi connectivity index (χ2v) is 5.86. The minimum absolute atomic E-state index is 0.0781.